The van der Waals surface area contributed by atoms with E-state index in [4.69, 9.17) is 5.11 Å². The smallest absolute Gasteiger partial charge is 0.307 e. The molecule has 0 aliphatic rings. The second kappa shape index (κ2) is 4.65. The number of benzene rings is 1. The van der Waals surface area contributed by atoms with Gasteiger partial charge in [0.1, 0.15) is 0 Å². The Balaban J connectivity index is 2.23. The molecule has 0 aliphatic carbocycles. The van der Waals surface area contributed by atoms with Crippen molar-refractivity contribution in [1.29, 1.82) is 0 Å². The highest BCUT2D eigenvalue weighted by Crippen LogP contribution is 2.14. The van der Waals surface area contributed by atoms with Crippen LogP contribution in [0.2, 0.25) is 0 Å². The predicted octanol–water partition coefficient (Wildman–Crippen LogP) is 0.869. The van der Waals surface area contributed by atoms with Crippen LogP contribution in [0, 0.1) is 6.92 Å². The summed E-state index contributed by atoms with van der Waals surface area (Å²) < 4.78 is 0. The lowest BCUT2D eigenvalue weighted by molar-refractivity contribution is -0.136. The first-order valence-corrected chi connectivity index (χ1v) is 5.00. The van der Waals surface area contributed by atoms with Crippen molar-refractivity contribution in [1.82, 2.24) is 20.4 Å². The van der Waals surface area contributed by atoms with Crippen molar-refractivity contribution >= 4 is 5.97 Å². The third kappa shape index (κ3) is 2.81. The highest BCUT2D eigenvalue weighted by Gasteiger charge is 2.04. The first-order chi connectivity index (χ1) is 8.15. The lowest BCUT2D eigenvalue weighted by Crippen LogP contribution is -2.01. The Morgan fingerprint density at radius 1 is 1.12 bits per heavy atom. The summed E-state index contributed by atoms with van der Waals surface area (Å²) in [6.45, 7) is 1.71. The second-order valence-electron chi connectivity index (χ2n) is 3.54. The van der Waals surface area contributed by atoms with Gasteiger partial charge in [0.15, 0.2) is 5.82 Å². The van der Waals surface area contributed by atoms with Crippen molar-refractivity contribution in [3.05, 3.63) is 35.7 Å². The van der Waals surface area contributed by atoms with Gasteiger partial charge in [0.25, 0.3) is 0 Å². The van der Waals surface area contributed by atoms with Crippen molar-refractivity contribution in [3.8, 4) is 11.4 Å². The topological polar surface area (TPSA) is 88.9 Å². The lowest BCUT2D eigenvalue weighted by atomic mass is 10.1. The maximum atomic E-state index is 10.5. The summed E-state index contributed by atoms with van der Waals surface area (Å²) in [5.74, 6) is 0.0846. The number of aryl methyl sites for hydroxylation is 1. The zero-order valence-electron chi connectivity index (χ0n) is 9.16. The normalized spacial score (nSPS) is 10.2. The molecule has 17 heavy (non-hydrogen) atoms. The molecule has 2 rings (SSSR count). The van der Waals surface area contributed by atoms with E-state index in [1.165, 1.54) is 0 Å². The standard InChI is InChI=1S/C11H10N4O2/c1-7-12-14-11(15-13-7)9-4-2-8(3-5-9)6-10(16)17/h2-5H,6H2,1H3,(H,16,17). The van der Waals surface area contributed by atoms with Gasteiger partial charge in [0.2, 0.25) is 5.82 Å². The van der Waals surface area contributed by atoms with Gasteiger partial charge >= 0.3 is 5.97 Å². The molecule has 0 radical (unpaired) electrons. The molecule has 0 spiro atoms. The largest absolute Gasteiger partial charge is 0.481 e. The van der Waals surface area contributed by atoms with Crippen LogP contribution in [-0.4, -0.2) is 31.5 Å². The zero-order chi connectivity index (χ0) is 12.3. The third-order valence-electron chi connectivity index (χ3n) is 2.15. The fourth-order valence-electron chi connectivity index (χ4n) is 1.34. The van der Waals surface area contributed by atoms with Gasteiger partial charge in [-0.3, -0.25) is 4.79 Å². The Hall–Kier alpha value is -2.37. The van der Waals surface area contributed by atoms with Crippen molar-refractivity contribution in [3.63, 3.8) is 0 Å². The third-order valence-corrected chi connectivity index (χ3v) is 2.15. The molecule has 1 aromatic carbocycles. The molecule has 1 aromatic heterocycles. The molecule has 1 heterocycles. The molecule has 0 unspecified atom stereocenters. The minimum Gasteiger partial charge on any atom is -0.481 e. The van der Waals surface area contributed by atoms with Gasteiger partial charge in [-0.15, -0.1) is 20.4 Å². The molecule has 86 valence electrons. The summed E-state index contributed by atoms with van der Waals surface area (Å²) >= 11 is 0. The molecule has 0 bridgehead atoms. The molecule has 6 heteroatoms. The number of aromatic nitrogens is 4. The van der Waals surface area contributed by atoms with E-state index in [-0.39, 0.29) is 6.42 Å². The average molecular weight is 230 g/mol. The first kappa shape index (κ1) is 11.1. The van der Waals surface area contributed by atoms with Gasteiger partial charge < -0.3 is 5.11 Å². The van der Waals surface area contributed by atoms with Gasteiger partial charge in [-0.05, 0) is 12.5 Å². The Morgan fingerprint density at radius 2 is 1.71 bits per heavy atom. The fraction of sp³-hybridized carbons (Fsp3) is 0.182. The molecule has 0 saturated heterocycles. The number of nitrogens with zero attached hydrogens (tertiary/aromatic N) is 4. The fourth-order valence-corrected chi connectivity index (χ4v) is 1.34. The number of hydrogen-bond acceptors (Lipinski definition) is 5. The summed E-state index contributed by atoms with van der Waals surface area (Å²) in [6.07, 6.45) is 0.00549. The van der Waals surface area contributed by atoms with Crippen LogP contribution >= 0.6 is 0 Å². The minimum atomic E-state index is -0.854. The summed E-state index contributed by atoms with van der Waals surface area (Å²) in [6, 6.07) is 6.97. The molecule has 0 fully saturated rings. The van der Waals surface area contributed by atoms with Gasteiger partial charge in [-0.2, -0.15) is 0 Å². The highest BCUT2D eigenvalue weighted by atomic mass is 16.4. The Bertz CT molecular complexity index is 522. The molecule has 0 aliphatic heterocycles. The van der Waals surface area contributed by atoms with E-state index in [9.17, 15) is 4.79 Å². The number of hydrogen-bond donors (Lipinski definition) is 1. The maximum absolute atomic E-state index is 10.5. The van der Waals surface area contributed by atoms with E-state index in [0.29, 0.717) is 11.6 Å². The van der Waals surface area contributed by atoms with Gasteiger partial charge in [0.05, 0.1) is 6.42 Å². The molecule has 0 atom stereocenters. The van der Waals surface area contributed by atoms with Crippen LogP contribution < -0.4 is 0 Å². The quantitative estimate of drug-likeness (QED) is 0.841. The molecule has 2 aromatic rings. The van der Waals surface area contributed by atoms with Crippen LogP contribution in [0.1, 0.15) is 11.4 Å². The predicted molar refractivity (Wildman–Crippen MR) is 59.1 cm³/mol. The summed E-state index contributed by atoms with van der Waals surface area (Å²) in [5.41, 5.74) is 1.49. The number of carbonyl (C=O) groups is 1. The number of carboxylic acids is 1. The van der Waals surface area contributed by atoms with Crippen molar-refractivity contribution in [2.75, 3.05) is 0 Å². The number of rotatable bonds is 3. The molecular weight excluding hydrogens is 220 g/mol. The van der Waals surface area contributed by atoms with Crippen molar-refractivity contribution < 1.29 is 9.90 Å². The van der Waals surface area contributed by atoms with E-state index < -0.39 is 5.97 Å². The van der Waals surface area contributed by atoms with Gasteiger partial charge in [0, 0.05) is 5.56 Å². The molecular formula is C11H10N4O2. The van der Waals surface area contributed by atoms with Crippen LogP contribution in [0.25, 0.3) is 11.4 Å². The maximum Gasteiger partial charge on any atom is 0.307 e. The van der Waals surface area contributed by atoms with E-state index in [2.05, 4.69) is 20.4 Å². The molecule has 6 nitrogen and oxygen atoms in total. The average Bonchev–Trinajstić information content (AvgIpc) is 2.30. The second-order valence-corrected chi connectivity index (χ2v) is 3.54. The monoisotopic (exact) mass is 230 g/mol. The SMILES string of the molecule is Cc1nnc(-c2ccc(CC(=O)O)cc2)nn1. The van der Waals surface area contributed by atoms with Gasteiger partial charge in [-0.1, -0.05) is 24.3 Å². The lowest BCUT2D eigenvalue weighted by Gasteiger charge is -2.00. The summed E-state index contributed by atoms with van der Waals surface area (Å²) in [5, 5.41) is 24.1. The van der Waals surface area contributed by atoms with Crippen molar-refractivity contribution in [2.24, 2.45) is 0 Å². The number of carboxylic acid groups (broad SMARTS) is 1. The van der Waals surface area contributed by atoms with E-state index in [1.807, 2.05) is 0 Å². The van der Waals surface area contributed by atoms with E-state index in [1.54, 1.807) is 31.2 Å². The van der Waals surface area contributed by atoms with Crippen LogP contribution in [-0.2, 0) is 11.2 Å². The Labute approximate surface area is 97.4 Å². The summed E-state index contributed by atoms with van der Waals surface area (Å²) in [7, 11) is 0. The van der Waals surface area contributed by atoms with Crippen LogP contribution in [0.15, 0.2) is 24.3 Å². The molecule has 0 amide bonds. The zero-order valence-corrected chi connectivity index (χ0v) is 9.16. The summed E-state index contributed by atoms with van der Waals surface area (Å²) in [4.78, 5) is 10.5. The number of aliphatic carboxylic acids is 1. The van der Waals surface area contributed by atoms with Gasteiger partial charge in [-0.25, -0.2) is 0 Å². The Morgan fingerprint density at radius 3 is 2.24 bits per heavy atom. The Kier molecular flexibility index (Phi) is 3.04. The van der Waals surface area contributed by atoms with Crippen molar-refractivity contribution in [2.45, 2.75) is 13.3 Å². The van der Waals surface area contributed by atoms with Crippen LogP contribution in [0.5, 0.6) is 0 Å². The minimum absolute atomic E-state index is 0.00549. The van der Waals surface area contributed by atoms with Crippen LogP contribution in [0.3, 0.4) is 0 Å². The highest BCUT2D eigenvalue weighted by molar-refractivity contribution is 5.70. The molecule has 1 N–H and O–H groups in total. The first-order valence-electron chi connectivity index (χ1n) is 5.00. The van der Waals surface area contributed by atoms with Crippen LogP contribution in [0.4, 0.5) is 0 Å². The van der Waals surface area contributed by atoms with E-state index in [0.717, 1.165) is 11.1 Å². The van der Waals surface area contributed by atoms with E-state index >= 15 is 0 Å². The molecule has 0 saturated carbocycles.